The number of anilines is 1. The third-order valence-electron chi connectivity index (χ3n) is 6.73. The Kier molecular flexibility index (Phi) is 6.06. The van der Waals surface area contributed by atoms with E-state index in [0.717, 1.165) is 54.9 Å². The lowest BCUT2D eigenvalue weighted by molar-refractivity contribution is 0.0851. The molecule has 1 atom stereocenters. The van der Waals surface area contributed by atoms with Gasteiger partial charge >= 0.3 is 0 Å². The minimum Gasteiger partial charge on any atom is -0.494 e. The second-order valence-corrected chi connectivity index (χ2v) is 8.61. The highest BCUT2D eigenvalue weighted by Crippen LogP contribution is 2.39. The van der Waals surface area contributed by atoms with E-state index in [1.165, 1.54) is 24.0 Å². The van der Waals surface area contributed by atoms with Crippen LogP contribution in [-0.2, 0) is 4.74 Å². The Labute approximate surface area is 189 Å². The average Bonchev–Trinajstić information content (AvgIpc) is 3.39. The summed E-state index contributed by atoms with van der Waals surface area (Å²) >= 11 is 0. The summed E-state index contributed by atoms with van der Waals surface area (Å²) < 4.78 is 11.1. The van der Waals surface area contributed by atoms with Crippen molar-refractivity contribution in [2.24, 2.45) is 0 Å². The van der Waals surface area contributed by atoms with E-state index in [0.29, 0.717) is 23.5 Å². The van der Waals surface area contributed by atoms with Gasteiger partial charge in [-0.15, -0.1) is 0 Å². The number of hydrogen-bond acceptors (Lipinski definition) is 6. The minimum absolute atomic E-state index is 0.411. The van der Waals surface area contributed by atoms with Gasteiger partial charge in [-0.3, -0.25) is 4.98 Å². The standard InChI is InChI=1S/C26H30N4O2/c1-31-25-16-28-10-6-21(25)23-14-19(15-30-26(23)27)18-4-5-20(17-7-11-32-12-8-17)22(13-18)24-3-2-9-29-24/h4-6,10,13-17,24,29H,2-3,7-9,11-12H2,1H3,(H2,27,30). The van der Waals surface area contributed by atoms with Gasteiger partial charge in [-0.1, -0.05) is 12.1 Å². The van der Waals surface area contributed by atoms with Crippen molar-refractivity contribution in [3.05, 3.63) is 60.0 Å². The van der Waals surface area contributed by atoms with Crippen molar-refractivity contribution in [1.29, 1.82) is 0 Å². The second kappa shape index (κ2) is 9.27. The van der Waals surface area contributed by atoms with Gasteiger partial charge in [0.25, 0.3) is 0 Å². The molecular formula is C26H30N4O2. The Balaban J connectivity index is 1.57. The van der Waals surface area contributed by atoms with Gasteiger partial charge in [-0.05, 0) is 73.0 Å². The molecule has 5 rings (SSSR count). The van der Waals surface area contributed by atoms with E-state index in [9.17, 15) is 0 Å². The third kappa shape index (κ3) is 4.08. The molecule has 1 aromatic carbocycles. The van der Waals surface area contributed by atoms with E-state index >= 15 is 0 Å². The Hall–Kier alpha value is -2.96. The van der Waals surface area contributed by atoms with Crippen molar-refractivity contribution in [1.82, 2.24) is 15.3 Å². The largest absolute Gasteiger partial charge is 0.494 e. The SMILES string of the molecule is COc1cnccc1-c1cc(-c2ccc(C3CCOCC3)c(C3CCCN3)c2)cnc1N. The van der Waals surface area contributed by atoms with Crippen LogP contribution in [0.15, 0.2) is 48.9 Å². The summed E-state index contributed by atoms with van der Waals surface area (Å²) in [7, 11) is 1.64. The maximum absolute atomic E-state index is 6.27. The zero-order valence-electron chi connectivity index (χ0n) is 18.5. The number of pyridine rings is 2. The molecule has 3 N–H and O–H groups in total. The number of nitrogen functional groups attached to an aromatic ring is 1. The normalized spacial score (nSPS) is 19.2. The molecule has 1 unspecified atom stereocenters. The van der Waals surface area contributed by atoms with Crippen LogP contribution in [0.3, 0.4) is 0 Å². The second-order valence-electron chi connectivity index (χ2n) is 8.61. The van der Waals surface area contributed by atoms with Gasteiger partial charge in [0, 0.05) is 48.3 Å². The van der Waals surface area contributed by atoms with Crippen molar-refractivity contribution in [2.45, 2.75) is 37.6 Å². The molecule has 2 saturated heterocycles. The molecule has 166 valence electrons. The maximum atomic E-state index is 6.27. The van der Waals surface area contributed by atoms with Crippen LogP contribution in [0.5, 0.6) is 5.75 Å². The fourth-order valence-electron chi connectivity index (χ4n) is 5.00. The van der Waals surface area contributed by atoms with Gasteiger partial charge in [-0.25, -0.2) is 4.98 Å². The van der Waals surface area contributed by atoms with Gasteiger partial charge in [0.05, 0.1) is 13.3 Å². The number of hydrogen-bond donors (Lipinski definition) is 2. The number of nitrogens with zero attached hydrogens (tertiary/aromatic N) is 2. The smallest absolute Gasteiger partial charge is 0.145 e. The molecule has 4 heterocycles. The van der Waals surface area contributed by atoms with Gasteiger partial charge in [0.15, 0.2) is 0 Å². The predicted octanol–water partition coefficient (Wildman–Crippen LogP) is 4.72. The molecule has 2 aliphatic heterocycles. The average molecular weight is 431 g/mol. The van der Waals surface area contributed by atoms with Crippen molar-refractivity contribution in [2.75, 3.05) is 32.6 Å². The van der Waals surface area contributed by atoms with E-state index in [2.05, 4.69) is 39.6 Å². The molecule has 3 aromatic rings. The highest BCUT2D eigenvalue weighted by molar-refractivity contribution is 5.82. The van der Waals surface area contributed by atoms with Crippen LogP contribution in [0.1, 0.15) is 48.8 Å². The first-order chi connectivity index (χ1) is 15.7. The van der Waals surface area contributed by atoms with Gasteiger partial charge in [0.2, 0.25) is 0 Å². The molecule has 0 amide bonds. The molecule has 0 saturated carbocycles. The molecule has 6 heteroatoms. The first-order valence-corrected chi connectivity index (χ1v) is 11.4. The van der Waals surface area contributed by atoms with Gasteiger partial charge < -0.3 is 20.5 Å². The van der Waals surface area contributed by atoms with Crippen LogP contribution >= 0.6 is 0 Å². The van der Waals surface area contributed by atoms with Gasteiger partial charge in [-0.2, -0.15) is 0 Å². The molecule has 2 aliphatic rings. The van der Waals surface area contributed by atoms with E-state index in [1.54, 1.807) is 19.5 Å². The summed E-state index contributed by atoms with van der Waals surface area (Å²) in [5, 5.41) is 3.70. The summed E-state index contributed by atoms with van der Waals surface area (Å²) in [6.45, 7) is 2.78. The Morgan fingerprint density at radius 2 is 1.88 bits per heavy atom. The summed E-state index contributed by atoms with van der Waals surface area (Å²) in [4.78, 5) is 8.68. The van der Waals surface area contributed by atoms with E-state index in [-0.39, 0.29) is 0 Å². The van der Waals surface area contributed by atoms with Crippen molar-refractivity contribution < 1.29 is 9.47 Å². The fourth-order valence-corrected chi connectivity index (χ4v) is 5.00. The zero-order chi connectivity index (χ0) is 21.9. The first-order valence-electron chi connectivity index (χ1n) is 11.4. The Morgan fingerprint density at radius 3 is 2.66 bits per heavy atom. The lowest BCUT2D eigenvalue weighted by atomic mass is 9.84. The quantitative estimate of drug-likeness (QED) is 0.609. The number of benzene rings is 1. The molecule has 2 fully saturated rings. The molecule has 0 bridgehead atoms. The summed E-state index contributed by atoms with van der Waals surface area (Å²) in [5.74, 6) is 1.73. The molecule has 0 aliphatic carbocycles. The summed E-state index contributed by atoms with van der Waals surface area (Å²) in [6.07, 6.45) is 9.89. The van der Waals surface area contributed by atoms with Crippen LogP contribution in [0.4, 0.5) is 5.82 Å². The number of methoxy groups -OCH3 is 1. The molecule has 0 radical (unpaired) electrons. The topological polar surface area (TPSA) is 82.3 Å². The van der Waals surface area contributed by atoms with Crippen LogP contribution in [0, 0.1) is 0 Å². The number of aromatic nitrogens is 2. The number of ether oxygens (including phenoxy) is 2. The lowest BCUT2D eigenvalue weighted by Crippen LogP contribution is -2.19. The fraction of sp³-hybridized carbons (Fsp3) is 0.385. The third-order valence-corrected chi connectivity index (χ3v) is 6.73. The van der Waals surface area contributed by atoms with E-state index in [1.807, 2.05) is 12.3 Å². The Bertz CT molecular complexity index is 1090. The van der Waals surface area contributed by atoms with Crippen molar-refractivity contribution in [3.8, 4) is 28.0 Å². The van der Waals surface area contributed by atoms with Gasteiger partial charge in [0.1, 0.15) is 11.6 Å². The molecule has 32 heavy (non-hydrogen) atoms. The highest BCUT2D eigenvalue weighted by Gasteiger charge is 2.25. The first kappa shape index (κ1) is 20.9. The lowest BCUT2D eigenvalue weighted by Gasteiger charge is -2.27. The minimum atomic E-state index is 0.411. The Morgan fingerprint density at radius 1 is 1.00 bits per heavy atom. The van der Waals surface area contributed by atoms with Crippen LogP contribution in [0.2, 0.25) is 0 Å². The maximum Gasteiger partial charge on any atom is 0.145 e. The van der Waals surface area contributed by atoms with Crippen molar-refractivity contribution in [3.63, 3.8) is 0 Å². The number of nitrogens with one attached hydrogen (secondary N) is 1. The monoisotopic (exact) mass is 430 g/mol. The predicted molar refractivity (Wildman–Crippen MR) is 127 cm³/mol. The molecule has 6 nitrogen and oxygen atoms in total. The van der Waals surface area contributed by atoms with Crippen LogP contribution < -0.4 is 15.8 Å². The summed E-state index contributed by atoms with van der Waals surface area (Å²) in [6, 6.07) is 11.3. The number of rotatable bonds is 5. The molecular weight excluding hydrogens is 400 g/mol. The highest BCUT2D eigenvalue weighted by atomic mass is 16.5. The number of nitrogens with two attached hydrogens (primary N) is 1. The van der Waals surface area contributed by atoms with Crippen LogP contribution in [0.25, 0.3) is 22.3 Å². The van der Waals surface area contributed by atoms with E-state index < -0.39 is 0 Å². The summed E-state index contributed by atoms with van der Waals surface area (Å²) in [5.41, 5.74) is 13.1. The van der Waals surface area contributed by atoms with E-state index in [4.69, 9.17) is 15.2 Å². The van der Waals surface area contributed by atoms with Crippen molar-refractivity contribution >= 4 is 5.82 Å². The zero-order valence-corrected chi connectivity index (χ0v) is 18.5. The van der Waals surface area contributed by atoms with Crippen LogP contribution in [-0.4, -0.2) is 36.8 Å². The molecule has 0 spiro atoms. The molecule has 2 aromatic heterocycles.